The van der Waals surface area contributed by atoms with Crippen LogP contribution in [0.3, 0.4) is 0 Å². The Morgan fingerprint density at radius 3 is 2.15 bits per heavy atom. The third kappa shape index (κ3) is 5.33. The fourth-order valence-electron chi connectivity index (χ4n) is 4.31. The predicted octanol–water partition coefficient (Wildman–Crippen LogP) is 6.72. The van der Waals surface area contributed by atoms with Gasteiger partial charge in [-0.3, -0.25) is 10.1 Å². The Morgan fingerprint density at radius 2 is 1.54 bits per heavy atom. The molecular formula is C30H23N3O6. The van der Waals surface area contributed by atoms with Crippen LogP contribution >= 0.6 is 0 Å². The van der Waals surface area contributed by atoms with E-state index < -0.39 is 17.0 Å². The summed E-state index contributed by atoms with van der Waals surface area (Å²) >= 11 is 0. The molecule has 0 N–H and O–H groups in total. The number of nitrogens with zero attached hydrogens (tertiary/aromatic N) is 3. The topological polar surface area (TPSA) is 104 Å². The Morgan fingerprint density at radius 1 is 0.872 bits per heavy atom. The van der Waals surface area contributed by atoms with Gasteiger partial charge in [0, 0.05) is 29.3 Å². The summed E-state index contributed by atoms with van der Waals surface area (Å²) in [6.45, 7) is 0.345. The number of methoxy groups -OCH3 is 1. The van der Waals surface area contributed by atoms with Gasteiger partial charge in [-0.25, -0.2) is 14.5 Å². The number of hydrogen-bond acceptors (Lipinski definition) is 6. The number of ether oxygens (including phenoxy) is 2. The Balaban J connectivity index is 1.38. The van der Waals surface area contributed by atoms with Gasteiger partial charge in [-0.2, -0.15) is 0 Å². The van der Waals surface area contributed by atoms with Gasteiger partial charge < -0.3 is 14.0 Å². The Kier molecular flexibility index (Phi) is 7.05. The quantitative estimate of drug-likeness (QED) is 0.102. The number of carbonyl (C=O) groups is 2. The van der Waals surface area contributed by atoms with Gasteiger partial charge in [0.15, 0.2) is 0 Å². The van der Waals surface area contributed by atoms with Gasteiger partial charge in [0.25, 0.3) is 5.69 Å². The first-order chi connectivity index (χ1) is 18.9. The maximum absolute atomic E-state index is 13.2. The average Bonchev–Trinajstić information content (AvgIpc) is 3.36. The molecule has 4 aromatic carbocycles. The van der Waals surface area contributed by atoms with E-state index in [-0.39, 0.29) is 11.3 Å². The first-order valence-electron chi connectivity index (χ1n) is 12.0. The lowest BCUT2D eigenvalue weighted by Crippen LogP contribution is -2.29. The van der Waals surface area contributed by atoms with Gasteiger partial charge >= 0.3 is 12.1 Å². The molecule has 5 rings (SSSR count). The van der Waals surface area contributed by atoms with Crippen LogP contribution in [0.5, 0.6) is 5.75 Å². The number of nitro groups is 1. The number of para-hydroxylation sites is 2. The van der Waals surface area contributed by atoms with E-state index in [4.69, 9.17) is 9.47 Å². The maximum Gasteiger partial charge on any atom is 0.426 e. The van der Waals surface area contributed by atoms with E-state index in [1.807, 2.05) is 29.0 Å². The molecule has 0 unspecified atom stereocenters. The van der Waals surface area contributed by atoms with Gasteiger partial charge in [0.05, 0.1) is 41.0 Å². The molecule has 194 valence electrons. The molecule has 0 bridgehead atoms. The van der Waals surface area contributed by atoms with E-state index in [9.17, 15) is 19.7 Å². The number of anilines is 2. The molecule has 0 saturated carbocycles. The summed E-state index contributed by atoms with van der Waals surface area (Å²) in [5, 5.41) is 12.1. The van der Waals surface area contributed by atoms with Crippen molar-refractivity contribution in [2.75, 3.05) is 12.0 Å². The minimum absolute atomic E-state index is 0.00257. The van der Waals surface area contributed by atoms with Crippen LogP contribution in [-0.2, 0) is 11.3 Å². The fourth-order valence-corrected chi connectivity index (χ4v) is 4.31. The molecular weight excluding hydrogens is 498 g/mol. The lowest BCUT2D eigenvalue weighted by molar-refractivity contribution is -0.384. The van der Waals surface area contributed by atoms with E-state index in [0.29, 0.717) is 29.2 Å². The standard InChI is InChI=1S/C30H23N3O6/c1-38-28-18-22(12-13-23(28)20-31-17-16-21-14-15-26(33(36)37)19-27(21)31)29(34)39-30(35)32(24-8-4-2-5-9-24)25-10-6-3-7-11-25/h2-19H,20H2,1H3. The summed E-state index contributed by atoms with van der Waals surface area (Å²) in [6.07, 6.45) is 0.983. The van der Waals surface area contributed by atoms with Gasteiger partial charge in [-0.05, 0) is 48.5 Å². The SMILES string of the molecule is COc1cc(C(=O)OC(=O)N(c2ccccc2)c2ccccc2)ccc1Cn1ccc2ccc([N+](=O)[O-])cc21. The van der Waals surface area contributed by atoms with Crippen LogP contribution in [0.1, 0.15) is 15.9 Å². The number of hydrogen-bond donors (Lipinski definition) is 0. The van der Waals surface area contributed by atoms with E-state index in [1.165, 1.54) is 30.2 Å². The number of aromatic nitrogens is 1. The third-order valence-corrected chi connectivity index (χ3v) is 6.22. The van der Waals surface area contributed by atoms with Crippen LogP contribution in [0, 0.1) is 10.1 Å². The highest BCUT2D eigenvalue weighted by Crippen LogP contribution is 2.28. The van der Waals surface area contributed by atoms with Crippen molar-refractivity contribution in [1.29, 1.82) is 0 Å². The highest BCUT2D eigenvalue weighted by Gasteiger charge is 2.24. The molecule has 39 heavy (non-hydrogen) atoms. The molecule has 0 aliphatic rings. The molecule has 9 heteroatoms. The normalized spacial score (nSPS) is 10.7. The number of benzene rings is 4. The number of nitro benzene ring substituents is 1. The summed E-state index contributed by atoms with van der Waals surface area (Å²) in [6, 6.07) is 29.1. The van der Waals surface area contributed by atoms with E-state index in [2.05, 4.69) is 0 Å². The fraction of sp³-hybridized carbons (Fsp3) is 0.0667. The monoisotopic (exact) mass is 521 g/mol. The zero-order chi connectivity index (χ0) is 27.4. The van der Waals surface area contributed by atoms with E-state index in [1.54, 1.807) is 66.7 Å². The Bertz CT molecular complexity index is 1630. The van der Waals surface area contributed by atoms with Crippen molar-refractivity contribution < 1.29 is 24.0 Å². The van der Waals surface area contributed by atoms with Crippen LogP contribution in [0.4, 0.5) is 21.9 Å². The van der Waals surface area contributed by atoms with Gasteiger partial charge in [-0.1, -0.05) is 42.5 Å². The first-order valence-corrected chi connectivity index (χ1v) is 12.0. The van der Waals surface area contributed by atoms with Crippen molar-refractivity contribution in [3.05, 3.63) is 131 Å². The molecule has 0 atom stereocenters. The molecule has 0 aliphatic carbocycles. The third-order valence-electron chi connectivity index (χ3n) is 6.22. The van der Waals surface area contributed by atoms with Gasteiger partial charge in [-0.15, -0.1) is 0 Å². The summed E-state index contributed by atoms with van der Waals surface area (Å²) in [5.41, 5.74) is 2.67. The van der Waals surface area contributed by atoms with Crippen molar-refractivity contribution >= 4 is 40.0 Å². The van der Waals surface area contributed by atoms with E-state index in [0.717, 1.165) is 10.9 Å². The molecule has 0 spiro atoms. The average molecular weight is 522 g/mol. The van der Waals surface area contributed by atoms with Crippen LogP contribution in [-0.4, -0.2) is 28.7 Å². The second kappa shape index (κ2) is 10.9. The molecule has 0 radical (unpaired) electrons. The minimum Gasteiger partial charge on any atom is -0.496 e. The zero-order valence-corrected chi connectivity index (χ0v) is 20.9. The second-order valence-corrected chi connectivity index (χ2v) is 8.63. The molecule has 0 saturated heterocycles. The second-order valence-electron chi connectivity index (χ2n) is 8.63. The largest absolute Gasteiger partial charge is 0.496 e. The first kappa shape index (κ1) is 25.2. The van der Waals surface area contributed by atoms with Crippen LogP contribution in [0.15, 0.2) is 109 Å². The number of non-ortho nitro benzene ring substituents is 1. The van der Waals surface area contributed by atoms with Crippen molar-refractivity contribution in [1.82, 2.24) is 4.57 Å². The number of rotatable bonds is 7. The summed E-state index contributed by atoms with van der Waals surface area (Å²) in [7, 11) is 1.48. The van der Waals surface area contributed by atoms with Crippen LogP contribution in [0.2, 0.25) is 0 Å². The number of esters is 1. The van der Waals surface area contributed by atoms with Crippen LogP contribution in [0.25, 0.3) is 10.9 Å². The van der Waals surface area contributed by atoms with Crippen molar-refractivity contribution in [3.8, 4) is 5.75 Å². The molecule has 1 aromatic heterocycles. The number of fused-ring (bicyclic) bond motifs is 1. The Hall–Kier alpha value is -5.44. The maximum atomic E-state index is 13.2. The molecule has 0 aliphatic heterocycles. The highest BCUT2D eigenvalue weighted by molar-refractivity contribution is 6.04. The predicted molar refractivity (Wildman–Crippen MR) is 147 cm³/mol. The molecule has 9 nitrogen and oxygen atoms in total. The lowest BCUT2D eigenvalue weighted by atomic mass is 10.1. The van der Waals surface area contributed by atoms with E-state index >= 15 is 0 Å². The molecule has 5 aromatic rings. The smallest absolute Gasteiger partial charge is 0.426 e. The highest BCUT2D eigenvalue weighted by atomic mass is 16.6. The van der Waals surface area contributed by atoms with Crippen molar-refractivity contribution in [2.45, 2.75) is 6.54 Å². The minimum atomic E-state index is -0.846. The summed E-state index contributed by atoms with van der Waals surface area (Å²) in [5.74, 6) is -0.420. The van der Waals surface area contributed by atoms with Crippen LogP contribution < -0.4 is 9.64 Å². The van der Waals surface area contributed by atoms with Crippen molar-refractivity contribution in [2.24, 2.45) is 0 Å². The molecule has 0 fully saturated rings. The molecule has 1 amide bonds. The van der Waals surface area contributed by atoms with Crippen molar-refractivity contribution in [3.63, 3.8) is 0 Å². The number of carbonyl (C=O) groups excluding carboxylic acids is 2. The van der Waals surface area contributed by atoms with Gasteiger partial charge in [0.1, 0.15) is 5.75 Å². The zero-order valence-electron chi connectivity index (χ0n) is 20.9. The number of amides is 1. The van der Waals surface area contributed by atoms with Gasteiger partial charge in [0.2, 0.25) is 0 Å². The summed E-state index contributed by atoms with van der Waals surface area (Å²) < 4.78 is 12.7. The molecule has 1 heterocycles. The Labute approximate surface area is 223 Å². The summed E-state index contributed by atoms with van der Waals surface area (Å²) in [4.78, 5) is 38.3. The lowest BCUT2D eigenvalue weighted by Gasteiger charge is -2.21.